The predicted molar refractivity (Wildman–Crippen MR) is 92.8 cm³/mol. The number of rotatable bonds is 7. The molecule has 1 aromatic carbocycles. The first-order valence-electron chi connectivity index (χ1n) is 8.56. The molecule has 2 N–H and O–H groups in total. The van der Waals surface area contributed by atoms with E-state index in [1.54, 1.807) is 13.0 Å². The number of carbonyl (C=O) groups is 1. The Bertz CT molecular complexity index is 696. The van der Waals surface area contributed by atoms with Crippen molar-refractivity contribution in [3.05, 3.63) is 35.6 Å². The van der Waals surface area contributed by atoms with Gasteiger partial charge in [-0.2, -0.15) is 4.31 Å². The lowest BCUT2D eigenvalue weighted by molar-refractivity contribution is -0.126. The van der Waals surface area contributed by atoms with Crippen molar-refractivity contribution in [3.63, 3.8) is 0 Å². The largest absolute Gasteiger partial charge is 0.387 e. The van der Waals surface area contributed by atoms with Crippen LogP contribution in [0.2, 0.25) is 0 Å². The molecule has 25 heavy (non-hydrogen) atoms. The summed E-state index contributed by atoms with van der Waals surface area (Å²) in [6.45, 7) is 2.03. The van der Waals surface area contributed by atoms with Gasteiger partial charge in [-0.3, -0.25) is 4.79 Å². The van der Waals surface area contributed by atoms with E-state index in [4.69, 9.17) is 0 Å². The number of sulfonamides is 1. The minimum atomic E-state index is -3.46. The van der Waals surface area contributed by atoms with E-state index in [0.717, 1.165) is 12.8 Å². The number of benzene rings is 1. The average Bonchev–Trinajstić information content (AvgIpc) is 2.59. The van der Waals surface area contributed by atoms with Crippen LogP contribution in [0.4, 0.5) is 4.39 Å². The van der Waals surface area contributed by atoms with Crippen molar-refractivity contribution < 1.29 is 22.7 Å². The van der Waals surface area contributed by atoms with Crippen molar-refractivity contribution in [2.75, 3.05) is 18.8 Å². The minimum Gasteiger partial charge on any atom is -0.387 e. The van der Waals surface area contributed by atoms with Crippen LogP contribution in [0.15, 0.2) is 24.3 Å². The molecule has 1 aliphatic rings. The molecule has 1 saturated heterocycles. The summed E-state index contributed by atoms with van der Waals surface area (Å²) in [7, 11) is -3.46. The van der Waals surface area contributed by atoms with E-state index in [-0.39, 0.29) is 12.3 Å². The number of aliphatic hydroxyl groups excluding tert-OH is 1. The van der Waals surface area contributed by atoms with Crippen LogP contribution < -0.4 is 5.32 Å². The van der Waals surface area contributed by atoms with E-state index in [1.165, 1.54) is 22.5 Å². The minimum absolute atomic E-state index is 0.0166. The van der Waals surface area contributed by atoms with E-state index in [2.05, 4.69) is 5.32 Å². The maximum absolute atomic E-state index is 13.2. The third-order valence-electron chi connectivity index (χ3n) is 4.28. The van der Waals surface area contributed by atoms with Gasteiger partial charge < -0.3 is 10.4 Å². The Kier molecular flexibility index (Phi) is 6.92. The van der Waals surface area contributed by atoms with Crippen molar-refractivity contribution >= 4 is 15.9 Å². The molecule has 140 valence electrons. The Labute approximate surface area is 148 Å². The van der Waals surface area contributed by atoms with Gasteiger partial charge >= 0.3 is 0 Å². The van der Waals surface area contributed by atoms with Crippen LogP contribution in [-0.2, 0) is 14.8 Å². The highest BCUT2D eigenvalue weighted by Gasteiger charge is 2.36. The van der Waals surface area contributed by atoms with Gasteiger partial charge in [0.1, 0.15) is 11.9 Å². The van der Waals surface area contributed by atoms with Gasteiger partial charge in [-0.1, -0.05) is 25.5 Å². The topological polar surface area (TPSA) is 86.7 Å². The summed E-state index contributed by atoms with van der Waals surface area (Å²) in [6.07, 6.45) is 1.42. The van der Waals surface area contributed by atoms with Crippen LogP contribution in [-0.4, -0.2) is 48.6 Å². The lowest BCUT2D eigenvalue weighted by Gasteiger charge is -2.33. The lowest BCUT2D eigenvalue weighted by Crippen LogP contribution is -2.52. The molecular formula is C17H25FN2O4S. The second-order valence-corrected chi connectivity index (χ2v) is 8.30. The van der Waals surface area contributed by atoms with E-state index >= 15 is 0 Å². The number of hydrogen-bond donors (Lipinski definition) is 2. The zero-order valence-corrected chi connectivity index (χ0v) is 15.1. The normalized spacial score (nSPS) is 20.2. The summed E-state index contributed by atoms with van der Waals surface area (Å²) in [5.41, 5.74) is 0.361. The third kappa shape index (κ3) is 5.23. The fraction of sp³-hybridized carbons (Fsp3) is 0.588. The molecule has 2 atom stereocenters. The molecule has 0 saturated carbocycles. The Balaban J connectivity index is 2.00. The van der Waals surface area contributed by atoms with Gasteiger partial charge in [-0.05, 0) is 37.0 Å². The molecule has 2 unspecified atom stereocenters. The molecule has 1 heterocycles. The first kappa shape index (κ1) is 19.8. The van der Waals surface area contributed by atoms with Gasteiger partial charge in [0, 0.05) is 13.1 Å². The molecule has 0 aliphatic carbocycles. The number of amides is 1. The highest BCUT2D eigenvalue weighted by Crippen LogP contribution is 2.22. The zero-order valence-electron chi connectivity index (χ0n) is 14.3. The van der Waals surface area contributed by atoms with E-state index in [1.807, 2.05) is 0 Å². The highest BCUT2D eigenvalue weighted by molar-refractivity contribution is 7.89. The van der Waals surface area contributed by atoms with Crippen LogP contribution in [0.3, 0.4) is 0 Å². The lowest BCUT2D eigenvalue weighted by atomic mass is 10.0. The van der Waals surface area contributed by atoms with Crippen molar-refractivity contribution in [1.82, 2.24) is 9.62 Å². The quantitative estimate of drug-likeness (QED) is 0.761. The predicted octanol–water partition coefficient (Wildman–Crippen LogP) is 1.57. The molecule has 1 aliphatic heterocycles. The smallest absolute Gasteiger partial charge is 0.238 e. The van der Waals surface area contributed by atoms with Crippen molar-refractivity contribution in [2.24, 2.45) is 0 Å². The summed E-state index contributed by atoms with van der Waals surface area (Å²) >= 11 is 0. The van der Waals surface area contributed by atoms with Gasteiger partial charge in [0.25, 0.3) is 0 Å². The van der Waals surface area contributed by atoms with E-state index in [9.17, 15) is 22.7 Å². The molecule has 0 radical (unpaired) electrons. The molecule has 0 bridgehead atoms. The standard InChI is InChI=1S/C17H25FN2O4S/c1-2-10-25(23,24)20-9-4-3-8-15(20)17(22)19-12-16(21)13-6-5-7-14(18)11-13/h5-7,11,15-16,21H,2-4,8-10,12H2,1H3,(H,19,22). The number of halogens is 1. The Morgan fingerprint density at radius 1 is 1.44 bits per heavy atom. The maximum Gasteiger partial charge on any atom is 0.238 e. The third-order valence-corrected chi connectivity index (χ3v) is 6.35. The van der Waals surface area contributed by atoms with Crippen molar-refractivity contribution in [3.8, 4) is 0 Å². The first-order valence-corrected chi connectivity index (χ1v) is 10.2. The molecule has 1 aromatic rings. The van der Waals surface area contributed by atoms with Gasteiger partial charge in [0.05, 0.1) is 11.9 Å². The van der Waals surface area contributed by atoms with Crippen molar-refractivity contribution in [1.29, 1.82) is 0 Å². The number of carbonyl (C=O) groups excluding carboxylic acids is 1. The Morgan fingerprint density at radius 3 is 2.88 bits per heavy atom. The number of piperidine rings is 1. The second kappa shape index (κ2) is 8.73. The summed E-state index contributed by atoms with van der Waals surface area (Å²) in [4.78, 5) is 12.5. The van der Waals surface area contributed by atoms with Crippen LogP contribution in [0.25, 0.3) is 0 Å². The van der Waals surface area contributed by atoms with Gasteiger partial charge in [0.15, 0.2) is 0 Å². The molecule has 0 aromatic heterocycles. The summed E-state index contributed by atoms with van der Waals surface area (Å²) in [5.74, 6) is -0.871. The molecular weight excluding hydrogens is 347 g/mol. The SMILES string of the molecule is CCCS(=O)(=O)N1CCCCC1C(=O)NCC(O)c1cccc(F)c1. The number of aliphatic hydroxyl groups is 1. The molecule has 1 amide bonds. The summed E-state index contributed by atoms with van der Waals surface area (Å²) < 4.78 is 39.2. The van der Waals surface area contributed by atoms with E-state index in [0.29, 0.717) is 24.9 Å². The van der Waals surface area contributed by atoms with E-state index < -0.39 is 33.9 Å². The average molecular weight is 372 g/mol. The molecule has 2 rings (SSSR count). The molecule has 0 spiro atoms. The van der Waals surface area contributed by atoms with Gasteiger partial charge in [0.2, 0.25) is 15.9 Å². The highest BCUT2D eigenvalue weighted by atomic mass is 32.2. The van der Waals surface area contributed by atoms with Crippen LogP contribution in [0, 0.1) is 5.82 Å². The fourth-order valence-corrected chi connectivity index (χ4v) is 4.77. The van der Waals surface area contributed by atoms with Crippen LogP contribution >= 0.6 is 0 Å². The summed E-state index contributed by atoms with van der Waals surface area (Å²) in [5, 5.41) is 12.7. The Morgan fingerprint density at radius 2 is 2.20 bits per heavy atom. The molecule has 8 heteroatoms. The van der Waals surface area contributed by atoms with Crippen molar-refractivity contribution in [2.45, 2.75) is 44.8 Å². The fourth-order valence-electron chi connectivity index (χ4n) is 3.02. The van der Waals surface area contributed by atoms with Gasteiger partial charge in [-0.25, -0.2) is 12.8 Å². The van der Waals surface area contributed by atoms with Crippen LogP contribution in [0.5, 0.6) is 0 Å². The zero-order chi connectivity index (χ0) is 18.4. The number of nitrogens with zero attached hydrogens (tertiary/aromatic N) is 1. The maximum atomic E-state index is 13.2. The number of nitrogens with one attached hydrogen (secondary N) is 1. The molecule has 1 fully saturated rings. The second-order valence-electron chi connectivity index (χ2n) is 6.25. The molecule has 6 nitrogen and oxygen atoms in total. The summed E-state index contributed by atoms with van der Waals surface area (Å²) in [6, 6.07) is 4.78. The Hall–Kier alpha value is -1.51. The number of hydrogen-bond acceptors (Lipinski definition) is 4. The first-order chi connectivity index (χ1) is 11.8. The van der Waals surface area contributed by atoms with Crippen LogP contribution in [0.1, 0.15) is 44.3 Å². The van der Waals surface area contributed by atoms with Gasteiger partial charge in [-0.15, -0.1) is 0 Å². The monoisotopic (exact) mass is 372 g/mol.